The summed E-state index contributed by atoms with van der Waals surface area (Å²) in [6.45, 7) is 5.25. The molecule has 0 bridgehead atoms. The monoisotopic (exact) mass is 402 g/mol. The Hall–Kier alpha value is -1.80. The van der Waals surface area contributed by atoms with Gasteiger partial charge < -0.3 is 4.74 Å². The Morgan fingerprint density at radius 3 is 2.42 bits per heavy atom. The molecule has 26 heavy (non-hydrogen) atoms. The van der Waals surface area contributed by atoms with E-state index in [1.807, 2.05) is 13.8 Å². The van der Waals surface area contributed by atoms with Gasteiger partial charge in [-0.2, -0.15) is 0 Å². The van der Waals surface area contributed by atoms with Gasteiger partial charge in [0.05, 0.1) is 11.5 Å². The summed E-state index contributed by atoms with van der Waals surface area (Å²) in [6, 6.07) is 3.47. The van der Waals surface area contributed by atoms with Crippen LogP contribution in [0.2, 0.25) is 5.02 Å². The fraction of sp³-hybridized carbons (Fsp3) is 0.529. The van der Waals surface area contributed by atoms with Crippen LogP contribution in [0.1, 0.15) is 30.9 Å². The van der Waals surface area contributed by atoms with Gasteiger partial charge in [0, 0.05) is 11.4 Å². The first kappa shape index (κ1) is 20.5. The van der Waals surface area contributed by atoms with Gasteiger partial charge in [-0.25, -0.2) is 8.42 Å². The Kier molecular flexibility index (Phi) is 6.52. The molecule has 1 aliphatic heterocycles. The second-order valence-electron chi connectivity index (χ2n) is 6.64. The summed E-state index contributed by atoms with van der Waals surface area (Å²) in [6.07, 6.45) is -0.301. The van der Waals surface area contributed by atoms with Crippen LogP contribution in [0.4, 0.5) is 0 Å². The largest absolute Gasteiger partial charge is 0.481 e. The number of nitrogens with one attached hydrogen (secondary N) is 2. The molecule has 0 spiro atoms. The maximum Gasteiger partial charge on any atom is 0.279 e. The SMILES string of the molecule is Cc1cc(O[C@H](C)C(=O)NNC(=O)C[C@@H]2CCS(=O)(=O)C2)cc(C)c1Cl. The number of rotatable bonds is 5. The molecular formula is C17H23ClN2O5S. The number of amides is 2. The molecule has 2 atom stereocenters. The van der Waals surface area contributed by atoms with Crippen LogP contribution in [-0.2, 0) is 19.4 Å². The molecule has 0 unspecified atom stereocenters. The fourth-order valence-corrected chi connectivity index (χ4v) is 4.78. The van der Waals surface area contributed by atoms with Crippen LogP contribution in [0.3, 0.4) is 0 Å². The second-order valence-corrected chi connectivity index (χ2v) is 9.25. The molecule has 1 aromatic rings. The van der Waals surface area contributed by atoms with Gasteiger partial charge in [0.25, 0.3) is 5.91 Å². The first-order valence-electron chi connectivity index (χ1n) is 8.30. The standard InChI is InChI=1S/C17H23ClN2O5S/c1-10-6-14(7-11(2)16(10)18)25-12(3)17(22)20-19-15(21)8-13-4-5-26(23,24)9-13/h6-7,12-13H,4-5,8-9H2,1-3H3,(H,19,21)(H,20,22)/t12-,13+/m1/s1. The van der Waals surface area contributed by atoms with Crippen molar-refractivity contribution in [1.82, 2.24) is 10.9 Å². The van der Waals surface area contributed by atoms with Crippen molar-refractivity contribution in [2.45, 2.75) is 39.7 Å². The quantitative estimate of drug-likeness (QED) is 0.730. The van der Waals surface area contributed by atoms with Crippen molar-refractivity contribution >= 4 is 33.3 Å². The van der Waals surface area contributed by atoms with E-state index in [4.69, 9.17) is 16.3 Å². The molecule has 2 amide bonds. The predicted octanol–water partition coefficient (Wildman–Crippen LogP) is 1.70. The molecule has 9 heteroatoms. The number of halogens is 1. The molecular weight excluding hydrogens is 380 g/mol. The minimum absolute atomic E-state index is 0.0170. The molecule has 2 N–H and O–H groups in total. The molecule has 1 fully saturated rings. The van der Waals surface area contributed by atoms with E-state index in [-0.39, 0.29) is 23.8 Å². The molecule has 1 aliphatic rings. The highest BCUT2D eigenvalue weighted by Crippen LogP contribution is 2.26. The van der Waals surface area contributed by atoms with E-state index in [9.17, 15) is 18.0 Å². The molecule has 0 radical (unpaired) electrons. The summed E-state index contributed by atoms with van der Waals surface area (Å²) in [7, 11) is -3.03. The van der Waals surface area contributed by atoms with Gasteiger partial charge >= 0.3 is 0 Å². The van der Waals surface area contributed by atoms with Gasteiger partial charge in [0.2, 0.25) is 5.91 Å². The van der Waals surface area contributed by atoms with Gasteiger partial charge in [-0.15, -0.1) is 0 Å². The second kappa shape index (κ2) is 8.26. The molecule has 0 aliphatic carbocycles. The number of sulfone groups is 1. The van der Waals surface area contributed by atoms with Gasteiger partial charge in [-0.05, 0) is 56.4 Å². The normalized spacial score (nSPS) is 19.6. The molecule has 1 saturated heterocycles. The molecule has 0 saturated carbocycles. The van der Waals surface area contributed by atoms with Crippen molar-refractivity contribution in [2.24, 2.45) is 5.92 Å². The number of carbonyl (C=O) groups excluding carboxylic acids is 2. The molecule has 0 aromatic heterocycles. The van der Waals surface area contributed by atoms with Crippen LogP contribution in [0.5, 0.6) is 5.75 Å². The van der Waals surface area contributed by atoms with Crippen LogP contribution >= 0.6 is 11.6 Å². The third-order valence-corrected chi connectivity index (χ3v) is 6.65. The van der Waals surface area contributed by atoms with E-state index in [1.165, 1.54) is 0 Å². The van der Waals surface area contributed by atoms with Crippen molar-refractivity contribution in [3.8, 4) is 5.75 Å². The van der Waals surface area contributed by atoms with Crippen molar-refractivity contribution in [3.63, 3.8) is 0 Å². The van der Waals surface area contributed by atoms with Crippen molar-refractivity contribution in [2.75, 3.05) is 11.5 Å². The molecule has 1 heterocycles. The van der Waals surface area contributed by atoms with E-state index >= 15 is 0 Å². The lowest BCUT2D eigenvalue weighted by Gasteiger charge is -2.17. The highest BCUT2D eigenvalue weighted by Gasteiger charge is 2.29. The Balaban J connectivity index is 1.81. The maximum absolute atomic E-state index is 12.1. The number of hydrogen-bond acceptors (Lipinski definition) is 5. The zero-order valence-corrected chi connectivity index (χ0v) is 16.5. The van der Waals surface area contributed by atoms with Crippen LogP contribution in [0.15, 0.2) is 12.1 Å². The average molecular weight is 403 g/mol. The van der Waals surface area contributed by atoms with Crippen LogP contribution in [0.25, 0.3) is 0 Å². The highest BCUT2D eigenvalue weighted by molar-refractivity contribution is 7.91. The Morgan fingerprint density at radius 2 is 1.88 bits per heavy atom. The molecule has 7 nitrogen and oxygen atoms in total. The maximum atomic E-state index is 12.1. The predicted molar refractivity (Wildman–Crippen MR) is 98.7 cm³/mol. The third-order valence-electron chi connectivity index (χ3n) is 4.22. The summed E-state index contributed by atoms with van der Waals surface area (Å²) < 4.78 is 28.4. The Labute approximate surface area is 158 Å². The van der Waals surface area contributed by atoms with E-state index in [1.54, 1.807) is 19.1 Å². The van der Waals surface area contributed by atoms with Gasteiger partial charge in [0.1, 0.15) is 5.75 Å². The van der Waals surface area contributed by atoms with Crippen LogP contribution in [-0.4, -0.2) is 37.8 Å². The lowest BCUT2D eigenvalue weighted by Crippen LogP contribution is -2.47. The van der Waals surface area contributed by atoms with Gasteiger partial charge in [-0.3, -0.25) is 20.4 Å². The number of hydrazine groups is 1. The van der Waals surface area contributed by atoms with Crippen LogP contribution in [0, 0.1) is 19.8 Å². The first-order chi connectivity index (χ1) is 12.1. The van der Waals surface area contributed by atoms with Crippen molar-refractivity contribution in [3.05, 3.63) is 28.3 Å². The Bertz CT molecular complexity index is 786. The number of aryl methyl sites for hydroxylation is 2. The van der Waals surface area contributed by atoms with Crippen molar-refractivity contribution in [1.29, 1.82) is 0 Å². The van der Waals surface area contributed by atoms with E-state index in [0.717, 1.165) is 11.1 Å². The summed E-state index contributed by atoms with van der Waals surface area (Å²) in [5, 5.41) is 0.649. The summed E-state index contributed by atoms with van der Waals surface area (Å²) in [4.78, 5) is 23.9. The Morgan fingerprint density at radius 1 is 1.27 bits per heavy atom. The van der Waals surface area contributed by atoms with Gasteiger partial charge in [0.15, 0.2) is 15.9 Å². The highest BCUT2D eigenvalue weighted by atomic mass is 35.5. The molecule has 144 valence electrons. The van der Waals surface area contributed by atoms with Crippen LogP contribution < -0.4 is 15.6 Å². The van der Waals surface area contributed by atoms with Crippen molar-refractivity contribution < 1.29 is 22.7 Å². The molecule has 2 rings (SSSR count). The summed E-state index contributed by atoms with van der Waals surface area (Å²) in [5.74, 6) is -0.501. The topological polar surface area (TPSA) is 102 Å². The first-order valence-corrected chi connectivity index (χ1v) is 10.5. The van der Waals surface area contributed by atoms with E-state index in [2.05, 4.69) is 10.9 Å². The lowest BCUT2D eigenvalue weighted by molar-refractivity contribution is -0.133. The summed E-state index contributed by atoms with van der Waals surface area (Å²) in [5.41, 5.74) is 6.28. The zero-order chi connectivity index (χ0) is 19.5. The average Bonchev–Trinajstić information content (AvgIpc) is 2.88. The number of carbonyl (C=O) groups is 2. The van der Waals surface area contributed by atoms with E-state index < -0.39 is 27.8 Å². The smallest absolute Gasteiger partial charge is 0.279 e. The summed E-state index contributed by atoms with van der Waals surface area (Å²) >= 11 is 6.10. The number of benzene rings is 1. The van der Waals surface area contributed by atoms with E-state index in [0.29, 0.717) is 17.2 Å². The lowest BCUT2D eigenvalue weighted by atomic mass is 10.1. The number of ether oxygens (including phenoxy) is 1. The minimum Gasteiger partial charge on any atom is -0.481 e. The number of hydrogen-bond donors (Lipinski definition) is 2. The molecule has 1 aromatic carbocycles. The third kappa shape index (κ3) is 5.60. The fourth-order valence-electron chi connectivity index (χ4n) is 2.81. The van der Waals surface area contributed by atoms with Gasteiger partial charge in [-0.1, -0.05) is 11.6 Å². The zero-order valence-electron chi connectivity index (χ0n) is 15.0. The minimum atomic E-state index is -3.03.